The van der Waals surface area contributed by atoms with Gasteiger partial charge in [-0.05, 0) is 66.9 Å². The van der Waals surface area contributed by atoms with Crippen molar-refractivity contribution < 1.29 is 19.8 Å². The fourth-order valence-corrected chi connectivity index (χ4v) is 4.07. The van der Waals surface area contributed by atoms with Crippen LogP contribution >= 0.6 is 12.4 Å². The summed E-state index contributed by atoms with van der Waals surface area (Å²) in [5, 5.41) is 22.6. The van der Waals surface area contributed by atoms with Crippen LogP contribution in [0.25, 0.3) is 11.1 Å². The summed E-state index contributed by atoms with van der Waals surface area (Å²) in [6.45, 7) is 2.76. The van der Waals surface area contributed by atoms with Crippen LogP contribution in [0.1, 0.15) is 45.5 Å². The van der Waals surface area contributed by atoms with E-state index in [2.05, 4.69) is 10.2 Å². The minimum Gasteiger partial charge on any atom is -0.507 e. The van der Waals surface area contributed by atoms with Crippen molar-refractivity contribution in [2.75, 3.05) is 18.4 Å². The number of carboxylic acids is 1. The molecule has 0 radical (unpaired) electrons. The Morgan fingerprint density at radius 3 is 2.27 bits per heavy atom. The number of anilines is 1. The van der Waals surface area contributed by atoms with Crippen molar-refractivity contribution in [2.45, 2.75) is 25.8 Å². The number of amides is 1. The van der Waals surface area contributed by atoms with E-state index in [1.165, 1.54) is 31.4 Å². The zero-order valence-electron chi connectivity index (χ0n) is 18.2. The highest BCUT2D eigenvalue weighted by Crippen LogP contribution is 2.28. The number of carboxylic acid groups (broad SMARTS) is 1. The number of likely N-dealkylation sites (tertiary alicyclic amines) is 1. The number of carbonyl (C=O) groups is 2. The Labute approximate surface area is 199 Å². The number of aromatic carboxylic acids is 1. The lowest BCUT2D eigenvalue weighted by molar-refractivity contribution is 0.0698. The van der Waals surface area contributed by atoms with Crippen molar-refractivity contribution in [2.24, 2.45) is 0 Å². The maximum Gasteiger partial charge on any atom is 0.337 e. The average Bonchev–Trinajstić information content (AvgIpc) is 2.81. The van der Waals surface area contributed by atoms with Gasteiger partial charge >= 0.3 is 5.97 Å². The molecule has 3 aromatic carbocycles. The van der Waals surface area contributed by atoms with Gasteiger partial charge in [0.25, 0.3) is 5.91 Å². The fraction of sp³-hybridized carbons (Fsp3) is 0.231. The van der Waals surface area contributed by atoms with Gasteiger partial charge in [0.05, 0.1) is 16.8 Å². The SMILES string of the molecule is Cl.O=C(Nc1cc(-c2ccccc2)ccc1C(=O)O)c1cc(CN2CCCCC2)ccc1O. The standard InChI is InChI=1S/C26H26N2O4.ClH/c29-24-12-9-18(17-28-13-5-2-6-14-28)15-22(24)25(30)27-23-16-20(10-11-21(23)26(31)32)19-7-3-1-4-8-19;/h1,3-4,7-12,15-16,29H,2,5-6,13-14,17H2,(H,27,30)(H,31,32);1H. The first-order valence-corrected chi connectivity index (χ1v) is 10.8. The van der Waals surface area contributed by atoms with Crippen LogP contribution in [0.3, 0.4) is 0 Å². The summed E-state index contributed by atoms with van der Waals surface area (Å²) < 4.78 is 0. The normalized spacial score (nSPS) is 13.7. The number of rotatable bonds is 6. The molecular formula is C26H27ClN2O4. The van der Waals surface area contributed by atoms with Gasteiger partial charge in [0.2, 0.25) is 0 Å². The van der Waals surface area contributed by atoms with Gasteiger partial charge in [-0.1, -0.05) is 48.9 Å². The highest BCUT2D eigenvalue weighted by Gasteiger charge is 2.18. The first kappa shape index (κ1) is 24.3. The largest absolute Gasteiger partial charge is 0.507 e. The zero-order valence-corrected chi connectivity index (χ0v) is 19.0. The quantitative estimate of drug-likeness (QED) is 0.451. The molecule has 0 atom stereocenters. The third-order valence-corrected chi connectivity index (χ3v) is 5.77. The topological polar surface area (TPSA) is 89.9 Å². The van der Waals surface area contributed by atoms with E-state index in [4.69, 9.17) is 0 Å². The smallest absolute Gasteiger partial charge is 0.337 e. The van der Waals surface area contributed by atoms with Gasteiger partial charge in [-0.15, -0.1) is 12.4 Å². The molecule has 1 heterocycles. The third kappa shape index (κ3) is 5.92. The van der Waals surface area contributed by atoms with Gasteiger partial charge in [-0.2, -0.15) is 0 Å². The van der Waals surface area contributed by atoms with E-state index in [9.17, 15) is 19.8 Å². The molecule has 4 rings (SSSR count). The maximum absolute atomic E-state index is 13.0. The first-order chi connectivity index (χ1) is 15.5. The summed E-state index contributed by atoms with van der Waals surface area (Å²) in [5.74, 6) is -1.82. The van der Waals surface area contributed by atoms with Crippen molar-refractivity contribution in [3.8, 4) is 16.9 Å². The molecule has 1 saturated heterocycles. The number of halogens is 1. The average molecular weight is 467 g/mol. The molecule has 7 heteroatoms. The number of phenols is 1. The number of aromatic hydroxyl groups is 1. The zero-order chi connectivity index (χ0) is 22.5. The molecule has 0 saturated carbocycles. The van der Waals surface area contributed by atoms with E-state index in [1.807, 2.05) is 36.4 Å². The molecule has 0 aromatic heterocycles. The summed E-state index contributed by atoms with van der Waals surface area (Å²) in [6.07, 6.45) is 3.58. The molecule has 1 fully saturated rings. The van der Waals surface area contributed by atoms with Crippen LogP contribution in [0.15, 0.2) is 66.7 Å². The molecule has 1 aliphatic heterocycles. The van der Waals surface area contributed by atoms with Gasteiger partial charge < -0.3 is 15.5 Å². The predicted octanol–water partition coefficient (Wildman–Crippen LogP) is 5.42. The summed E-state index contributed by atoms with van der Waals surface area (Å²) >= 11 is 0. The minimum absolute atomic E-state index is 0. The van der Waals surface area contributed by atoms with Gasteiger partial charge in [-0.3, -0.25) is 9.69 Å². The van der Waals surface area contributed by atoms with Crippen LogP contribution in [0, 0.1) is 0 Å². The molecule has 1 aliphatic rings. The lowest BCUT2D eigenvalue weighted by Gasteiger charge is -2.26. The van der Waals surface area contributed by atoms with Crippen molar-refractivity contribution >= 4 is 30.0 Å². The van der Waals surface area contributed by atoms with Crippen molar-refractivity contribution in [1.82, 2.24) is 4.90 Å². The van der Waals surface area contributed by atoms with Crippen LogP contribution in [0.2, 0.25) is 0 Å². The monoisotopic (exact) mass is 466 g/mol. The van der Waals surface area contributed by atoms with Gasteiger partial charge in [0, 0.05) is 6.54 Å². The Hall–Kier alpha value is -3.35. The van der Waals surface area contributed by atoms with Crippen molar-refractivity contribution in [1.29, 1.82) is 0 Å². The number of nitrogens with zero attached hydrogens (tertiary/aromatic N) is 1. The minimum atomic E-state index is -1.14. The number of phenolic OH excluding ortho intramolecular Hbond substituents is 1. The van der Waals surface area contributed by atoms with E-state index in [1.54, 1.807) is 18.2 Å². The van der Waals surface area contributed by atoms with E-state index in [-0.39, 0.29) is 35.0 Å². The number of benzene rings is 3. The van der Waals surface area contributed by atoms with E-state index in [0.29, 0.717) is 6.54 Å². The second-order valence-electron chi connectivity index (χ2n) is 8.07. The lowest BCUT2D eigenvalue weighted by atomic mass is 10.0. The molecule has 33 heavy (non-hydrogen) atoms. The Balaban J connectivity index is 0.00000306. The highest BCUT2D eigenvalue weighted by atomic mass is 35.5. The first-order valence-electron chi connectivity index (χ1n) is 10.8. The molecule has 0 bridgehead atoms. The lowest BCUT2D eigenvalue weighted by Crippen LogP contribution is -2.29. The molecule has 1 amide bonds. The Morgan fingerprint density at radius 1 is 0.848 bits per heavy atom. The number of hydrogen-bond acceptors (Lipinski definition) is 4. The molecule has 3 N–H and O–H groups in total. The number of hydrogen-bond donors (Lipinski definition) is 3. The molecule has 0 spiro atoms. The van der Waals surface area contributed by atoms with Gasteiger partial charge in [0.15, 0.2) is 0 Å². The van der Waals surface area contributed by atoms with Gasteiger partial charge in [0.1, 0.15) is 5.75 Å². The summed E-state index contributed by atoms with van der Waals surface area (Å²) in [6, 6.07) is 19.4. The summed E-state index contributed by atoms with van der Waals surface area (Å²) in [4.78, 5) is 27.1. The van der Waals surface area contributed by atoms with Crippen molar-refractivity contribution in [3.05, 3.63) is 83.4 Å². The molecule has 0 aliphatic carbocycles. The number of nitrogens with one attached hydrogen (secondary N) is 1. The summed E-state index contributed by atoms with van der Waals surface area (Å²) in [5.41, 5.74) is 2.93. The Morgan fingerprint density at radius 2 is 1.58 bits per heavy atom. The fourth-order valence-electron chi connectivity index (χ4n) is 4.07. The van der Waals surface area contributed by atoms with Crippen LogP contribution in [-0.2, 0) is 6.54 Å². The Bertz CT molecular complexity index is 1130. The molecule has 6 nitrogen and oxygen atoms in total. The summed E-state index contributed by atoms with van der Waals surface area (Å²) in [7, 11) is 0. The van der Waals surface area contributed by atoms with Crippen LogP contribution in [-0.4, -0.2) is 40.1 Å². The number of carbonyl (C=O) groups excluding carboxylic acids is 1. The Kier molecular flexibility index (Phi) is 8.09. The second kappa shape index (κ2) is 11.0. The predicted molar refractivity (Wildman–Crippen MR) is 131 cm³/mol. The van der Waals surface area contributed by atoms with Gasteiger partial charge in [-0.25, -0.2) is 4.79 Å². The molecule has 0 unspecified atom stereocenters. The molecule has 172 valence electrons. The van der Waals surface area contributed by atoms with Crippen LogP contribution < -0.4 is 5.32 Å². The molecular weight excluding hydrogens is 440 g/mol. The van der Waals surface area contributed by atoms with Crippen molar-refractivity contribution in [3.63, 3.8) is 0 Å². The van der Waals surface area contributed by atoms with Crippen LogP contribution in [0.4, 0.5) is 5.69 Å². The van der Waals surface area contributed by atoms with E-state index in [0.717, 1.165) is 29.8 Å². The maximum atomic E-state index is 13.0. The van der Waals surface area contributed by atoms with Crippen LogP contribution in [0.5, 0.6) is 5.75 Å². The number of piperidine rings is 1. The third-order valence-electron chi connectivity index (χ3n) is 5.77. The second-order valence-corrected chi connectivity index (χ2v) is 8.07. The van der Waals surface area contributed by atoms with E-state index >= 15 is 0 Å². The highest BCUT2D eigenvalue weighted by molar-refractivity contribution is 6.09. The van der Waals surface area contributed by atoms with E-state index < -0.39 is 11.9 Å². The molecule has 3 aromatic rings.